The molecule has 3 heterocycles. The third-order valence-corrected chi connectivity index (χ3v) is 3.35. The topological polar surface area (TPSA) is 80.2 Å². The zero-order valence-corrected chi connectivity index (χ0v) is 11.3. The van der Waals surface area contributed by atoms with Gasteiger partial charge in [-0.2, -0.15) is 4.98 Å². The number of aryl methyl sites for hydroxylation is 2. The summed E-state index contributed by atoms with van der Waals surface area (Å²) in [5.41, 5.74) is 0.767. The highest BCUT2D eigenvalue weighted by molar-refractivity contribution is 5.47. The third-order valence-electron chi connectivity index (χ3n) is 3.35. The number of rotatable bonds is 2. The summed E-state index contributed by atoms with van der Waals surface area (Å²) in [4.78, 5) is 10.9. The fourth-order valence-corrected chi connectivity index (χ4v) is 2.29. The van der Waals surface area contributed by atoms with Gasteiger partial charge < -0.3 is 14.3 Å². The second-order valence-corrected chi connectivity index (χ2v) is 4.81. The van der Waals surface area contributed by atoms with Crippen molar-refractivity contribution in [3.05, 3.63) is 17.4 Å². The van der Waals surface area contributed by atoms with Crippen molar-refractivity contribution < 1.29 is 8.94 Å². The molecule has 102 valence electrons. The van der Waals surface area contributed by atoms with Gasteiger partial charge in [-0.05, 0) is 14.0 Å². The molecule has 1 N–H and O–H groups in total. The van der Waals surface area contributed by atoms with Gasteiger partial charge in [0.15, 0.2) is 11.7 Å². The van der Waals surface area contributed by atoms with Crippen LogP contribution >= 0.6 is 0 Å². The van der Waals surface area contributed by atoms with Gasteiger partial charge in [-0.15, -0.1) is 0 Å². The van der Waals surface area contributed by atoms with Gasteiger partial charge >= 0.3 is 0 Å². The second kappa shape index (κ2) is 4.75. The van der Waals surface area contributed by atoms with Gasteiger partial charge in [-0.3, -0.25) is 4.90 Å². The molecular weight excluding hydrogens is 246 g/mol. The standard InChI is InChI=1S/C12H17N5O2/c1-7-10(18-8(2)14-7)12-15-11(16-19-12)9-6-13-4-5-17(9)3/h9,13H,4-6H2,1-3H3. The minimum absolute atomic E-state index is 0.135. The van der Waals surface area contributed by atoms with Gasteiger partial charge in [0.1, 0.15) is 0 Å². The Balaban J connectivity index is 1.88. The van der Waals surface area contributed by atoms with E-state index in [4.69, 9.17) is 8.94 Å². The van der Waals surface area contributed by atoms with Crippen LogP contribution in [0.5, 0.6) is 0 Å². The maximum absolute atomic E-state index is 5.49. The fourth-order valence-electron chi connectivity index (χ4n) is 2.29. The highest BCUT2D eigenvalue weighted by atomic mass is 16.5. The summed E-state index contributed by atoms with van der Waals surface area (Å²) >= 11 is 0. The van der Waals surface area contributed by atoms with E-state index >= 15 is 0 Å². The molecule has 19 heavy (non-hydrogen) atoms. The summed E-state index contributed by atoms with van der Waals surface area (Å²) in [6.45, 7) is 6.44. The molecule has 1 saturated heterocycles. The lowest BCUT2D eigenvalue weighted by molar-refractivity contribution is 0.190. The lowest BCUT2D eigenvalue weighted by atomic mass is 10.2. The molecule has 0 radical (unpaired) electrons. The first-order valence-electron chi connectivity index (χ1n) is 6.34. The van der Waals surface area contributed by atoms with Crippen LogP contribution in [-0.4, -0.2) is 46.7 Å². The van der Waals surface area contributed by atoms with Crippen LogP contribution in [0.15, 0.2) is 8.94 Å². The largest absolute Gasteiger partial charge is 0.436 e. The van der Waals surface area contributed by atoms with Gasteiger partial charge in [-0.25, -0.2) is 4.98 Å². The van der Waals surface area contributed by atoms with E-state index in [1.165, 1.54) is 0 Å². The molecule has 1 aliphatic heterocycles. The van der Waals surface area contributed by atoms with Crippen molar-refractivity contribution >= 4 is 0 Å². The van der Waals surface area contributed by atoms with Crippen LogP contribution in [0.4, 0.5) is 0 Å². The molecule has 0 saturated carbocycles. The summed E-state index contributed by atoms with van der Waals surface area (Å²) in [5, 5.41) is 7.39. The highest BCUT2D eigenvalue weighted by Crippen LogP contribution is 2.25. The van der Waals surface area contributed by atoms with Crippen LogP contribution in [0.25, 0.3) is 11.7 Å². The molecule has 0 spiro atoms. The quantitative estimate of drug-likeness (QED) is 0.862. The number of oxazole rings is 1. The Kier molecular flexibility index (Phi) is 3.08. The first-order chi connectivity index (χ1) is 9.15. The number of piperazine rings is 1. The monoisotopic (exact) mass is 263 g/mol. The van der Waals surface area contributed by atoms with Gasteiger partial charge in [-0.1, -0.05) is 5.16 Å². The van der Waals surface area contributed by atoms with E-state index in [2.05, 4.69) is 32.4 Å². The van der Waals surface area contributed by atoms with E-state index in [0.29, 0.717) is 23.4 Å². The number of hydrogen-bond acceptors (Lipinski definition) is 7. The molecule has 2 aromatic heterocycles. The van der Waals surface area contributed by atoms with Gasteiger partial charge in [0, 0.05) is 26.6 Å². The molecule has 0 amide bonds. The molecule has 1 fully saturated rings. The van der Waals surface area contributed by atoms with E-state index in [1.807, 2.05) is 6.92 Å². The molecular formula is C12H17N5O2. The zero-order chi connectivity index (χ0) is 13.4. The summed E-state index contributed by atoms with van der Waals surface area (Å²) in [7, 11) is 2.06. The van der Waals surface area contributed by atoms with E-state index in [0.717, 1.165) is 25.3 Å². The lowest BCUT2D eigenvalue weighted by Crippen LogP contribution is -2.44. The van der Waals surface area contributed by atoms with Crippen molar-refractivity contribution in [2.24, 2.45) is 0 Å². The van der Waals surface area contributed by atoms with Crippen molar-refractivity contribution in [1.82, 2.24) is 25.3 Å². The predicted molar refractivity (Wildman–Crippen MR) is 67.5 cm³/mol. The predicted octanol–water partition coefficient (Wildman–Crippen LogP) is 0.918. The number of nitrogens with zero attached hydrogens (tertiary/aromatic N) is 4. The van der Waals surface area contributed by atoms with E-state index in [9.17, 15) is 0 Å². The number of hydrogen-bond donors (Lipinski definition) is 1. The minimum Gasteiger partial charge on any atom is -0.436 e. The maximum atomic E-state index is 5.49. The smallest absolute Gasteiger partial charge is 0.295 e. The van der Waals surface area contributed by atoms with Crippen LogP contribution in [0.3, 0.4) is 0 Å². The lowest BCUT2D eigenvalue weighted by Gasteiger charge is -2.30. The molecule has 7 heteroatoms. The van der Waals surface area contributed by atoms with Gasteiger partial charge in [0.25, 0.3) is 5.89 Å². The SMILES string of the molecule is Cc1nc(C)c(-c2nc(C3CNCCN3C)no2)o1. The van der Waals surface area contributed by atoms with E-state index in [1.54, 1.807) is 6.92 Å². The molecule has 2 aromatic rings. The Labute approximate surface area is 111 Å². The van der Waals surface area contributed by atoms with Crippen LogP contribution in [0.1, 0.15) is 23.5 Å². The van der Waals surface area contributed by atoms with Gasteiger partial charge in [0.2, 0.25) is 5.76 Å². The zero-order valence-electron chi connectivity index (χ0n) is 11.3. The Morgan fingerprint density at radius 2 is 2.16 bits per heavy atom. The summed E-state index contributed by atoms with van der Waals surface area (Å²) in [6, 6.07) is 0.135. The second-order valence-electron chi connectivity index (χ2n) is 4.81. The number of nitrogens with one attached hydrogen (secondary N) is 1. The van der Waals surface area contributed by atoms with Gasteiger partial charge in [0.05, 0.1) is 11.7 Å². The Morgan fingerprint density at radius 3 is 2.84 bits per heavy atom. The average Bonchev–Trinajstić information content (AvgIpc) is 2.96. The number of aromatic nitrogens is 3. The molecule has 1 atom stereocenters. The fraction of sp³-hybridized carbons (Fsp3) is 0.583. The summed E-state index contributed by atoms with van der Waals surface area (Å²) in [5.74, 6) is 2.23. The van der Waals surface area contributed by atoms with Crippen molar-refractivity contribution in [3.8, 4) is 11.7 Å². The normalized spacial score (nSPS) is 20.9. The molecule has 7 nitrogen and oxygen atoms in total. The molecule has 0 bridgehead atoms. The first kappa shape index (κ1) is 12.3. The first-order valence-corrected chi connectivity index (χ1v) is 6.34. The molecule has 3 rings (SSSR count). The van der Waals surface area contributed by atoms with E-state index in [-0.39, 0.29) is 6.04 Å². The number of likely N-dealkylation sites (N-methyl/N-ethyl adjacent to an activating group) is 1. The van der Waals surface area contributed by atoms with Crippen LogP contribution in [0, 0.1) is 13.8 Å². The molecule has 0 aromatic carbocycles. The van der Waals surface area contributed by atoms with Crippen molar-refractivity contribution in [3.63, 3.8) is 0 Å². The Bertz CT molecular complexity index is 576. The molecule has 0 aliphatic carbocycles. The van der Waals surface area contributed by atoms with Crippen molar-refractivity contribution in [1.29, 1.82) is 0 Å². The van der Waals surface area contributed by atoms with Crippen LogP contribution in [-0.2, 0) is 0 Å². The van der Waals surface area contributed by atoms with Crippen molar-refractivity contribution in [2.75, 3.05) is 26.7 Å². The maximum Gasteiger partial charge on any atom is 0.295 e. The Hall–Kier alpha value is -1.73. The minimum atomic E-state index is 0.135. The summed E-state index contributed by atoms with van der Waals surface area (Å²) in [6.07, 6.45) is 0. The van der Waals surface area contributed by atoms with E-state index < -0.39 is 0 Å². The average molecular weight is 263 g/mol. The molecule has 1 unspecified atom stereocenters. The molecule has 1 aliphatic rings. The Morgan fingerprint density at radius 1 is 1.32 bits per heavy atom. The van der Waals surface area contributed by atoms with Crippen LogP contribution < -0.4 is 5.32 Å². The highest BCUT2D eigenvalue weighted by Gasteiger charge is 2.26. The summed E-state index contributed by atoms with van der Waals surface area (Å²) < 4.78 is 10.8. The van der Waals surface area contributed by atoms with Crippen molar-refractivity contribution in [2.45, 2.75) is 19.9 Å². The van der Waals surface area contributed by atoms with Crippen LogP contribution in [0.2, 0.25) is 0 Å². The third kappa shape index (κ3) is 2.26.